The minimum Gasteiger partial charge on any atom is -0.460 e. The van der Waals surface area contributed by atoms with Gasteiger partial charge in [0.25, 0.3) is 0 Å². The van der Waals surface area contributed by atoms with E-state index in [1.807, 2.05) is 0 Å². The van der Waals surface area contributed by atoms with Crippen molar-refractivity contribution in [3.63, 3.8) is 0 Å². The van der Waals surface area contributed by atoms with Crippen LogP contribution in [-0.2, 0) is 14.3 Å². The third-order valence-electron chi connectivity index (χ3n) is 2.24. The predicted molar refractivity (Wildman–Crippen MR) is 54.2 cm³/mol. The van der Waals surface area contributed by atoms with Gasteiger partial charge in [-0.3, -0.25) is 0 Å². The molecule has 3 atom stereocenters. The summed E-state index contributed by atoms with van der Waals surface area (Å²) in [6.45, 7) is 4.64. The SMILES string of the molecule is C=CC(=O)OCC(OC)C(C)C(O)CO. The summed E-state index contributed by atoms with van der Waals surface area (Å²) in [6.07, 6.45) is -0.284. The van der Waals surface area contributed by atoms with Gasteiger partial charge in [0.1, 0.15) is 6.61 Å². The van der Waals surface area contributed by atoms with Gasteiger partial charge in [-0.05, 0) is 0 Å². The van der Waals surface area contributed by atoms with Crippen molar-refractivity contribution in [1.29, 1.82) is 0 Å². The molecule has 5 heteroatoms. The number of hydrogen-bond donors (Lipinski definition) is 2. The molecule has 0 aromatic rings. The van der Waals surface area contributed by atoms with Gasteiger partial charge in [-0.15, -0.1) is 0 Å². The lowest BCUT2D eigenvalue weighted by Crippen LogP contribution is -2.36. The average molecular weight is 218 g/mol. The summed E-state index contributed by atoms with van der Waals surface area (Å²) in [5, 5.41) is 18.1. The predicted octanol–water partition coefficient (Wildman–Crippen LogP) is -0.280. The van der Waals surface area contributed by atoms with Crippen LogP contribution in [0.2, 0.25) is 0 Å². The number of carbonyl (C=O) groups is 1. The first-order chi connectivity index (χ1) is 7.06. The topological polar surface area (TPSA) is 76.0 Å². The molecular weight excluding hydrogens is 200 g/mol. The van der Waals surface area contributed by atoms with Crippen LogP contribution in [0.15, 0.2) is 12.7 Å². The van der Waals surface area contributed by atoms with E-state index < -0.39 is 18.2 Å². The van der Waals surface area contributed by atoms with Crippen LogP contribution in [-0.4, -0.2) is 48.7 Å². The fourth-order valence-corrected chi connectivity index (χ4v) is 1.07. The first kappa shape index (κ1) is 14.1. The molecular formula is C10H18O5. The first-order valence-electron chi connectivity index (χ1n) is 4.67. The quantitative estimate of drug-likeness (QED) is 0.454. The Bertz CT molecular complexity index is 204. The molecule has 15 heavy (non-hydrogen) atoms. The lowest BCUT2D eigenvalue weighted by atomic mass is 9.99. The normalized spacial score (nSPS) is 16.5. The van der Waals surface area contributed by atoms with E-state index in [0.717, 1.165) is 6.08 Å². The van der Waals surface area contributed by atoms with E-state index in [9.17, 15) is 9.90 Å². The lowest BCUT2D eigenvalue weighted by Gasteiger charge is -2.25. The number of aliphatic hydroxyl groups excluding tert-OH is 2. The van der Waals surface area contributed by atoms with Crippen LogP contribution in [0.5, 0.6) is 0 Å². The van der Waals surface area contributed by atoms with Crippen LogP contribution in [0.1, 0.15) is 6.92 Å². The third-order valence-corrected chi connectivity index (χ3v) is 2.24. The van der Waals surface area contributed by atoms with E-state index in [1.54, 1.807) is 6.92 Å². The molecule has 2 N–H and O–H groups in total. The molecule has 0 amide bonds. The fraction of sp³-hybridized carbons (Fsp3) is 0.700. The number of rotatable bonds is 7. The molecule has 0 spiro atoms. The molecule has 0 heterocycles. The number of hydrogen-bond acceptors (Lipinski definition) is 5. The molecule has 0 aliphatic rings. The Morgan fingerprint density at radius 1 is 1.60 bits per heavy atom. The number of aliphatic hydroxyl groups is 2. The van der Waals surface area contributed by atoms with Crippen molar-refractivity contribution in [2.45, 2.75) is 19.1 Å². The second-order valence-corrected chi connectivity index (χ2v) is 3.22. The van der Waals surface area contributed by atoms with Gasteiger partial charge < -0.3 is 19.7 Å². The minimum absolute atomic E-state index is 0.0274. The summed E-state index contributed by atoms with van der Waals surface area (Å²) in [7, 11) is 1.45. The highest BCUT2D eigenvalue weighted by Crippen LogP contribution is 2.12. The molecule has 3 unspecified atom stereocenters. The van der Waals surface area contributed by atoms with Crippen LogP contribution in [0.25, 0.3) is 0 Å². The highest BCUT2D eigenvalue weighted by Gasteiger charge is 2.24. The monoisotopic (exact) mass is 218 g/mol. The second kappa shape index (κ2) is 7.39. The molecule has 0 fully saturated rings. The maximum atomic E-state index is 10.8. The van der Waals surface area contributed by atoms with Crippen molar-refractivity contribution in [2.75, 3.05) is 20.3 Å². The zero-order chi connectivity index (χ0) is 11.8. The van der Waals surface area contributed by atoms with Crippen LogP contribution in [0, 0.1) is 5.92 Å². The molecule has 0 radical (unpaired) electrons. The van der Waals surface area contributed by atoms with E-state index >= 15 is 0 Å². The molecule has 88 valence electrons. The standard InChI is InChI=1S/C10H18O5/c1-4-10(13)15-6-9(14-3)7(2)8(12)5-11/h4,7-9,11-12H,1,5-6H2,2-3H3. The second-order valence-electron chi connectivity index (χ2n) is 3.22. The van der Waals surface area contributed by atoms with Crippen LogP contribution >= 0.6 is 0 Å². The molecule has 0 rings (SSSR count). The van der Waals surface area contributed by atoms with Crippen molar-refractivity contribution in [3.8, 4) is 0 Å². The molecule has 0 aliphatic carbocycles. The van der Waals surface area contributed by atoms with Gasteiger partial charge in [-0.2, -0.15) is 0 Å². The molecule has 0 bridgehead atoms. The highest BCUT2D eigenvalue weighted by molar-refractivity contribution is 5.81. The van der Waals surface area contributed by atoms with Crippen molar-refractivity contribution in [1.82, 2.24) is 0 Å². The van der Waals surface area contributed by atoms with E-state index in [0.29, 0.717) is 0 Å². The van der Waals surface area contributed by atoms with E-state index in [-0.39, 0.29) is 19.1 Å². The lowest BCUT2D eigenvalue weighted by molar-refractivity contribution is -0.144. The number of carbonyl (C=O) groups excluding carboxylic acids is 1. The summed E-state index contributed by atoms with van der Waals surface area (Å²) >= 11 is 0. The van der Waals surface area contributed by atoms with Crippen LogP contribution < -0.4 is 0 Å². The summed E-state index contributed by atoms with van der Waals surface area (Å²) in [4.78, 5) is 10.8. The average Bonchev–Trinajstić information content (AvgIpc) is 2.27. The maximum Gasteiger partial charge on any atom is 0.330 e. The Morgan fingerprint density at radius 3 is 2.60 bits per heavy atom. The van der Waals surface area contributed by atoms with Crippen LogP contribution in [0.3, 0.4) is 0 Å². The largest absolute Gasteiger partial charge is 0.460 e. The zero-order valence-corrected chi connectivity index (χ0v) is 9.05. The van der Waals surface area contributed by atoms with Gasteiger partial charge in [0.05, 0.1) is 18.8 Å². The van der Waals surface area contributed by atoms with Gasteiger partial charge in [-0.1, -0.05) is 13.5 Å². The molecule has 0 saturated carbocycles. The number of methoxy groups -OCH3 is 1. The summed E-state index contributed by atoms with van der Waals surface area (Å²) in [5.41, 5.74) is 0. The van der Waals surface area contributed by atoms with E-state index in [2.05, 4.69) is 6.58 Å². The zero-order valence-electron chi connectivity index (χ0n) is 9.05. The first-order valence-corrected chi connectivity index (χ1v) is 4.67. The van der Waals surface area contributed by atoms with E-state index in [4.69, 9.17) is 14.6 Å². The van der Waals surface area contributed by atoms with E-state index in [1.165, 1.54) is 7.11 Å². The third kappa shape index (κ3) is 4.92. The smallest absolute Gasteiger partial charge is 0.330 e. The van der Waals surface area contributed by atoms with Crippen molar-refractivity contribution in [3.05, 3.63) is 12.7 Å². The highest BCUT2D eigenvalue weighted by atomic mass is 16.6. The van der Waals surface area contributed by atoms with Crippen molar-refractivity contribution < 1.29 is 24.5 Å². The van der Waals surface area contributed by atoms with Gasteiger partial charge in [0.2, 0.25) is 0 Å². The van der Waals surface area contributed by atoms with Gasteiger partial charge in [0, 0.05) is 19.1 Å². The van der Waals surface area contributed by atoms with Crippen molar-refractivity contribution >= 4 is 5.97 Å². The summed E-state index contributed by atoms with van der Waals surface area (Å²) in [6, 6.07) is 0. The van der Waals surface area contributed by atoms with Crippen molar-refractivity contribution in [2.24, 2.45) is 5.92 Å². The maximum absolute atomic E-state index is 10.8. The van der Waals surface area contributed by atoms with Gasteiger partial charge >= 0.3 is 5.97 Å². The molecule has 0 aromatic carbocycles. The fourth-order valence-electron chi connectivity index (χ4n) is 1.07. The Hall–Kier alpha value is -0.910. The molecule has 0 aromatic heterocycles. The Morgan fingerprint density at radius 2 is 2.20 bits per heavy atom. The number of esters is 1. The Balaban J connectivity index is 4.11. The summed E-state index contributed by atoms with van der Waals surface area (Å²) in [5.74, 6) is -0.861. The Kier molecular flexibility index (Phi) is 6.94. The Labute approximate surface area is 89.3 Å². The van der Waals surface area contributed by atoms with Gasteiger partial charge in [-0.25, -0.2) is 4.79 Å². The molecule has 5 nitrogen and oxygen atoms in total. The van der Waals surface area contributed by atoms with Crippen LogP contribution in [0.4, 0.5) is 0 Å². The van der Waals surface area contributed by atoms with Gasteiger partial charge in [0.15, 0.2) is 0 Å². The minimum atomic E-state index is -0.891. The summed E-state index contributed by atoms with van der Waals surface area (Å²) < 4.78 is 9.83. The number of ether oxygens (including phenoxy) is 2. The molecule has 0 saturated heterocycles. The molecule has 0 aliphatic heterocycles.